The van der Waals surface area contributed by atoms with Crippen LogP contribution in [-0.2, 0) is 16.8 Å². The Labute approximate surface area is 280 Å². The first-order valence-electron chi connectivity index (χ1n) is 11.2. The molecule has 0 saturated carbocycles. The van der Waals surface area contributed by atoms with Crippen LogP contribution in [0.3, 0.4) is 0 Å². The summed E-state index contributed by atoms with van der Waals surface area (Å²) in [5.74, 6) is -1.04. The van der Waals surface area contributed by atoms with Crippen LogP contribution in [0.1, 0.15) is 31.8 Å². The zero-order chi connectivity index (χ0) is 29.1. The molecule has 0 bridgehead atoms. The number of hydrogen-bond donors (Lipinski definition) is 2. The fourth-order valence-corrected chi connectivity index (χ4v) is 5.50. The number of carbonyl (C=O) groups is 2. The van der Waals surface area contributed by atoms with E-state index in [2.05, 4.69) is 84.8 Å². The number of halogens is 4. The van der Waals surface area contributed by atoms with Crippen LogP contribution in [0.2, 0.25) is 0 Å². The van der Waals surface area contributed by atoms with Gasteiger partial charge < -0.3 is 10.2 Å². The van der Waals surface area contributed by atoms with Gasteiger partial charge in [-0.1, -0.05) is 112 Å². The van der Waals surface area contributed by atoms with Crippen molar-refractivity contribution in [3.63, 3.8) is 0 Å². The molecule has 2 N–H and O–H groups in total. The Kier molecular flexibility index (Phi) is 14.4. The van der Waals surface area contributed by atoms with Gasteiger partial charge in [-0.05, 0) is 59.7 Å². The summed E-state index contributed by atoms with van der Waals surface area (Å²) in [6.07, 6.45) is 2.64. The van der Waals surface area contributed by atoms with Crippen LogP contribution in [0.5, 0.6) is 11.5 Å². The number of hydrogen-bond acceptors (Lipinski definition) is 6. The van der Waals surface area contributed by atoms with Crippen LogP contribution in [0.25, 0.3) is 0 Å². The summed E-state index contributed by atoms with van der Waals surface area (Å²) in [7, 11) is 0. The van der Waals surface area contributed by atoms with Crippen LogP contribution in [-0.4, -0.2) is 24.2 Å². The Hall–Kier alpha value is -2.81. The molecule has 2 amide bonds. The number of amides is 2. The van der Waals surface area contributed by atoms with Crippen LogP contribution in [0.15, 0.2) is 113 Å². The van der Waals surface area contributed by atoms with Gasteiger partial charge in [-0.25, -0.2) is 10.9 Å². The molecule has 4 aromatic carbocycles. The van der Waals surface area contributed by atoms with E-state index < -0.39 is 0 Å². The molecule has 0 saturated heterocycles. The van der Waals surface area contributed by atoms with Crippen LogP contribution >= 0.6 is 63.7 Å². The first-order chi connectivity index (χ1) is 19.2. The maximum absolute atomic E-state index is 11.8. The third-order valence-corrected chi connectivity index (χ3v) is 6.98. The van der Waals surface area contributed by atoms with Crippen molar-refractivity contribution < 1.29 is 36.6 Å². The molecule has 0 aliphatic heterocycles. The quantitative estimate of drug-likeness (QED) is 0.180. The molecule has 0 heterocycles. The van der Waals surface area contributed by atoms with E-state index in [-0.39, 0.29) is 40.1 Å². The summed E-state index contributed by atoms with van der Waals surface area (Å²) in [5, 5.41) is 31.2. The standard InChI is InChI=1S/2C14H10Br2N2O2.Co/c2*15-11-6-10(13(19)12(16)7-11)8-17-18-14(20)9-4-2-1-3-5-9;/h2*1-8,19H,(H,18,20);/q;;+2/p-2/b17-8+;17-8-;. The van der Waals surface area contributed by atoms with E-state index in [0.29, 0.717) is 31.2 Å². The van der Waals surface area contributed by atoms with Crippen molar-refractivity contribution in [2.24, 2.45) is 10.2 Å². The van der Waals surface area contributed by atoms with Crippen molar-refractivity contribution in [3.05, 3.63) is 125 Å². The average molecular weight is 853 g/mol. The maximum atomic E-state index is 11.8. The van der Waals surface area contributed by atoms with Gasteiger partial charge in [0.05, 0.1) is 12.4 Å². The van der Waals surface area contributed by atoms with Gasteiger partial charge in [0.25, 0.3) is 11.8 Å². The molecule has 41 heavy (non-hydrogen) atoms. The second kappa shape index (κ2) is 17.2. The smallest absolute Gasteiger partial charge is 0.871 e. The minimum absolute atomic E-state index is 0. The minimum atomic E-state index is -0.330. The molecule has 0 aromatic heterocycles. The normalized spacial score (nSPS) is 10.4. The molecule has 0 spiro atoms. The van der Waals surface area contributed by atoms with E-state index >= 15 is 0 Å². The number of benzene rings is 4. The molecule has 8 nitrogen and oxygen atoms in total. The number of nitrogens with one attached hydrogen (secondary N) is 2. The Morgan fingerprint density at radius 1 is 0.610 bits per heavy atom. The van der Waals surface area contributed by atoms with E-state index in [1.807, 2.05) is 12.1 Å². The molecule has 0 unspecified atom stereocenters. The van der Waals surface area contributed by atoms with Crippen LogP contribution < -0.4 is 21.1 Å². The van der Waals surface area contributed by atoms with Crippen molar-refractivity contribution in [2.75, 3.05) is 0 Å². The third-order valence-electron chi connectivity index (χ3n) is 4.89. The number of nitrogens with zero attached hydrogens (tertiary/aromatic N) is 2. The van der Waals surface area contributed by atoms with E-state index in [1.165, 1.54) is 12.4 Å². The van der Waals surface area contributed by atoms with Crippen LogP contribution in [0, 0.1) is 0 Å². The molecule has 13 heteroatoms. The van der Waals surface area contributed by atoms with Gasteiger partial charge in [0, 0.05) is 29.0 Å². The summed E-state index contributed by atoms with van der Waals surface area (Å²) >= 11 is 12.9. The van der Waals surface area contributed by atoms with Crippen molar-refractivity contribution in [2.45, 2.75) is 0 Å². The van der Waals surface area contributed by atoms with Gasteiger partial charge >= 0.3 is 16.8 Å². The zero-order valence-electron chi connectivity index (χ0n) is 20.6. The second-order valence-corrected chi connectivity index (χ2v) is 11.3. The topological polar surface area (TPSA) is 129 Å². The van der Waals surface area contributed by atoms with E-state index in [4.69, 9.17) is 0 Å². The minimum Gasteiger partial charge on any atom is -0.871 e. The molecular formula is C28H18Br4CoN4O4. The van der Waals surface area contributed by atoms with Gasteiger partial charge in [0.2, 0.25) is 0 Å². The number of hydrazone groups is 2. The summed E-state index contributed by atoms with van der Waals surface area (Å²) in [4.78, 5) is 23.5. The number of rotatable bonds is 6. The molecular weight excluding hydrogens is 835 g/mol. The van der Waals surface area contributed by atoms with Crippen molar-refractivity contribution in [3.8, 4) is 11.5 Å². The predicted molar refractivity (Wildman–Crippen MR) is 166 cm³/mol. The second-order valence-electron chi connectivity index (χ2n) is 7.74. The van der Waals surface area contributed by atoms with Gasteiger partial charge in [-0.3, -0.25) is 9.59 Å². The monoisotopic (exact) mass is 849 g/mol. The Morgan fingerprint density at radius 3 is 1.29 bits per heavy atom. The van der Waals surface area contributed by atoms with E-state index in [1.54, 1.807) is 72.8 Å². The predicted octanol–water partition coefficient (Wildman–Crippen LogP) is 6.10. The summed E-state index contributed by atoms with van der Waals surface area (Å²) < 4.78 is 2.37. The summed E-state index contributed by atoms with van der Waals surface area (Å²) in [5.41, 5.74) is 6.50. The fraction of sp³-hybridized carbons (Fsp3) is 0. The van der Waals surface area contributed by atoms with Gasteiger partial charge in [-0.2, -0.15) is 10.2 Å². The SMILES string of the molecule is O=C(N/N=C/c1cc(Br)cc(Br)c1[O-])c1ccccc1.O=C(N/N=C\c1cc(Br)cc(Br)c1[O-])c1ccccc1.[Co+2]. The summed E-state index contributed by atoms with van der Waals surface area (Å²) in [6.45, 7) is 0. The molecule has 0 fully saturated rings. The fourth-order valence-electron chi connectivity index (χ4n) is 2.98. The van der Waals surface area contributed by atoms with Gasteiger partial charge in [0.1, 0.15) is 0 Å². The molecule has 4 aromatic rings. The maximum Gasteiger partial charge on any atom is 2.00 e. The first-order valence-corrected chi connectivity index (χ1v) is 14.4. The molecule has 211 valence electrons. The molecule has 1 radical (unpaired) electrons. The van der Waals surface area contributed by atoms with E-state index in [9.17, 15) is 19.8 Å². The molecule has 0 aliphatic rings. The van der Waals surface area contributed by atoms with E-state index in [0.717, 1.165) is 8.95 Å². The largest absolute Gasteiger partial charge is 2.00 e. The summed E-state index contributed by atoms with van der Waals surface area (Å²) in [6, 6.07) is 24.0. The van der Waals surface area contributed by atoms with Crippen LogP contribution in [0.4, 0.5) is 0 Å². The Bertz CT molecular complexity index is 1440. The first kappa shape index (κ1) is 34.4. The van der Waals surface area contributed by atoms with Crippen molar-refractivity contribution in [1.29, 1.82) is 0 Å². The van der Waals surface area contributed by atoms with Crippen molar-refractivity contribution >= 4 is 88.0 Å². The Morgan fingerprint density at radius 2 is 0.951 bits per heavy atom. The van der Waals surface area contributed by atoms with Gasteiger partial charge in [-0.15, -0.1) is 0 Å². The van der Waals surface area contributed by atoms with Gasteiger partial charge in [0.15, 0.2) is 0 Å². The average Bonchev–Trinajstić information content (AvgIpc) is 2.95. The molecule has 0 aliphatic carbocycles. The van der Waals surface area contributed by atoms with Crippen molar-refractivity contribution in [1.82, 2.24) is 10.9 Å². The zero-order valence-corrected chi connectivity index (χ0v) is 28.0. The Balaban J connectivity index is 0.000000280. The number of carbonyl (C=O) groups excluding carboxylic acids is 2. The molecule has 4 rings (SSSR count). The third kappa shape index (κ3) is 10.8. The molecule has 0 atom stereocenters.